The summed E-state index contributed by atoms with van der Waals surface area (Å²) < 4.78 is 5.26. The molecule has 0 spiro atoms. The van der Waals surface area contributed by atoms with E-state index in [1.54, 1.807) is 18.2 Å². The fourth-order valence-corrected chi connectivity index (χ4v) is 1.23. The number of carbonyl (C=O) groups is 1. The van der Waals surface area contributed by atoms with Crippen LogP contribution in [0.3, 0.4) is 0 Å². The van der Waals surface area contributed by atoms with Gasteiger partial charge in [0.2, 0.25) is 0 Å². The smallest absolute Gasteiger partial charge is 0.153 e. The van der Waals surface area contributed by atoms with Gasteiger partial charge < -0.3 is 4.74 Å². The second-order valence-corrected chi connectivity index (χ2v) is 3.28. The highest BCUT2D eigenvalue weighted by Gasteiger charge is 2.02. The fraction of sp³-hybridized carbons (Fsp3) is 0.182. The molecule has 1 aromatic carbocycles. The molecule has 0 N–H and O–H groups in total. The maximum absolute atomic E-state index is 10.7. The van der Waals surface area contributed by atoms with Crippen molar-refractivity contribution in [3.8, 4) is 17.6 Å². The van der Waals surface area contributed by atoms with Crippen LogP contribution in [0.1, 0.15) is 10.4 Å². The topological polar surface area (TPSA) is 26.3 Å². The summed E-state index contributed by atoms with van der Waals surface area (Å²) in [6.07, 6.45) is 0.691. The van der Waals surface area contributed by atoms with E-state index in [0.29, 0.717) is 22.6 Å². The summed E-state index contributed by atoms with van der Waals surface area (Å²) in [7, 11) is 0. The van der Waals surface area contributed by atoms with Gasteiger partial charge in [-0.1, -0.05) is 23.4 Å². The lowest BCUT2D eigenvalue weighted by molar-refractivity contribution is 0.112. The summed E-state index contributed by atoms with van der Waals surface area (Å²) in [6, 6.07) is 4.83. The first-order valence-electron chi connectivity index (χ1n) is 4.17. The molecule has 1 rings (SSSR count). The summed E-state index contributed by atoms with van der Waals surface area (Å²) in [5.41, 5.74) is 0.412. The Morgan fingerprint density at radius 3 is 2.87 bits per heavy atom. The van der Waals surface area contributed by atoms with Crippen molar-refractivity contribution in [2.45, 2.75) is 0 Å². The number of hydrogen-bond acceptors (Lipinski definition) is 2. The van der Waals surface area contributed by atoms with Crippen LogP contribution in [-0.2, 0) is 0 Å². The number of hydrogen-bond donors (Lipinski definition) is 0. The molecule has 78 valence electrons. The van der Waals surface area contributed by atoms with Crippen LogP contribution >= 0.6 is 23.2 Å². The highest BCUT2D eigenvalue weighted by atomic mass is 35.5. The quantitative estimate of drug-likeness (QED) is 0.463. The van der Waals surface area contributed by atoms with Crippen LogP contribution in [0.25, 0.3) is 0 Å². The van der Waals surface area contributed by atoms with Crippen LogP contribution < -0.4 is 4.74 Å². The van der Waals surface area contributed by atoms with Crippen molar-refractivity contribution in [1.29, 1.82) is 0 Å². The first kappa shape index (κ1) is 11.9. The Morgan fingerprint density at radius 2 is 2.20 bits per heavy atom. The summed E-state index contributed by atoms with van der Waals surface area (Å²) in [6.45, 7) is 0.204. The Bertz CT molecular complexity index is 405. The highest BCUT2D eigenvalue weighted by Crippen LogP contribution is 2.20. The highest BCUT2D eigenvalue weighted by molar-refractivity contribution is 6.30. The Kier molecular flexibility index (Phi) is 5.03. The van der Waals surface area contributed by atoms with Crippen LogP contribution in [0.15, 0.2) is 18.2 Å². The standard InChI is InChI=1S/C11H8Cl2O2/c12-5-1-2-6-15-11-4-3-10(13)7-9(11)8-14/h3-4,7-8H,5-6H2. The average Bonchev–Trinajstić information content (AvgIpc) is 2.26. The lowest BCUT2D eigenvalue weighted by Crippen LogP contribution is -1.97. The largest absolute Gasteiger partial charge is 0.480 e. The molecule has 0 aliphatic heterocycles. The van der Waals surface area contributed by atoms with Gasteiger partial charge in [0.15, 0.2) is 6.29 Å². The van der Waals surface area contributed by atoms with Crippen molar-refractivity contribution in [2.24, 2.45) is 0 Å². The van der Waals surface area contributed by atoms with Crippen LogP contribution in [-0.4, -0.2) is 18.8 Å². The van der Waals surface area contributed by atoms with Crippen molar-refractivity contribution < 1.29 is 9.53 Å². The second-order valence-electron chi connectivity index (χ2n) is 2.58. The molecule has 0 fully saturated rings. The van der Waals surface area contributed by atoms with Crippen molar-refractivity contribution in [3.05, 3.63) is 28.8 Å². The minimum absolute atomic E-state index is 0.204. The van der Waals surface area contributed by atoms with E-state index in [9.17, 15) is 4.79 Å². The zero-order valence-corrected chi connectivity index (χ0v) is 9.31. The lowest BCUT2D eigenvalue weighted by Gasteiger charge is -2.04. The average molecular weight is 243 g/mol. The molecule has 0 atom stereocenters. The van der Waals surface area contributed by atoms with Gasteiger partial charge in [0.1, 0.15) is 12.4 Å². The third-order valence-corrected chi connectivity index (χ3v) is 1.96. The van der Waals surface area contributed by atoms with Gasteiger partial charge in [0, 0.05) is 5.02 Å². The van der Waals surface area contributed by atoms with Gasteiger partial charge in [-0.15, -0.1) is 11.6 Å². The van der Waals surface area contributed by atoms with Gasteiger partial charge in [-0.25, -0.2) is 0 Å². The molecule has 15 heavy (non-hydrogen) atoms. The molecule has 0 radical (unpaired) electrons. The van der Waals surface area contributed by atoms with Gasteiger partial charge in [0.25, 0.3) is 0 Å². The van der Waals surface area contributed by atoms with E-state index >= 15 is 0 Å². The molecule has 0 saturated carbocycles. The Hall–Kier alpha value is -1.17. The molecular weight excluding hydrogens is 235 g/mol. The Labute approximate surface area is 98.1 Å². The number of carbonyl (C=O) groups excluding carboxylic acids is 1. The molecule has 2 nitrogen and oxygen atoms in total. The molecule has 0 saturated heterocycles. The van der Waals surface area contributed by atoms with E-state index in [1.807, 2.05) is 0 Å². The summed E-state index contributed by atoms with van der Waals surface area (Å²) in [5, 5.41) is 0.497. The number of rotatable bonds is 3. The molecule has 0 bridgehead atoms. The van der Waals surface area contributed by atoms with E-state index in [-0.39, 0.29) is 12.5 Å². The third kappa shape index (κ3) is 3.83. The predicted molar refractivity (Wildman–Crippen MR) is 60.8 cm³/mol. The van der Waals surface area contributed by atoms with Crippen LogP contribution in [0, 0.1) is 11.8 Å². The molecule has 0 aliphatic carbocycles. The van der Waals surface area contributed by atoms with E-state index in [0.717, 1.165) is 0 Å². The van der Waals surface area contributed by atoms with Crippen LogP contribution in [0.2, 0.25) is 5.02 Å². The molecule has 0 aromatic heterocycles. The normalized spacial score (nSPS) is 8.93. The van der Waals surface area contributed by atoms with E-state index in [2.05, 4.69) is 11.8 Å². The first-order chi connectivity index (χ1) is 7.27. The number of benzene rings is 1. The SMILES string of the molecule is O=Cc1cc(Cl)ccc1OCC#CCCl. The number of halogens is 2. The molecule has 0 amide bonds. The molecule has 4 heteroatoms. The molecule has 0 unspecified atom stereocenters. The second kappa shape index (κ2) is 6.34. The molecule has 0 heterocycles. The third-order valence-electron chi connectivity index (χ3n) is 1.59. The van der Waals surface area contributed by atoms with Crippen molar-refractivity contribution >= 4 is 29.5 Å². The van der Waals surface area contributed by atoms with Crippen molar-refractivity contribution in [2.75, 3.05) is 12.5 Å². The van der Waals surface area contributed by atoms with Gasteiger partial charge >= 0.3 is 0 Å². The predicted octanol–water partition coefficient (Wildman–Crippen LogP) is 2.77. The number of alkyl halides is 1. The first-order valence-corrected chi connectivity index (χ1v) is 5.08. The Balaban J connectivity index is 2.72. The Morgan fingerprint density at radius 1 is 1.40 bits per heavy atom. The van der Waals surface area contributed by atoms with E-state index in [1.165, 1.54) is 0 Å². The monoisotopic (exact) mass is 242 g/mol. The van der Waals surface area contributed by atoms with Gasteiger partial charge in [-0.3, -0.25) is 4.79 Å². The molecular formula is C11H8Cl2O2. The van der Waals surface area contributed by atoms with E-state index < -0.39 is 0 Å². The van der Waals surface area contributed by atoms with Crippen molar-refractivity contribution in [1.82, 2.24) is 0 Å². The minimum atomic E-state index is 0.204. The van der Waals surface area contributed by atoms with Crippen molar-refractivity contribution in [3.63, 3.8) is 0 Å². The van der Waals surface area contributed by atoms with E-state index in [4.69, 9.17) is 27.9 Å². The van der Waals surface area contributed by atoms with Gasteiger partial charge in [-0.05, 0) is 18.2 Å². The maximum Gasteiger partial charge on any atom is 0.153 e. The van der Waals surface area contributed by atoms with Crippen LogP contribution in [0.4, 0.5) is 0 Å². The number of ether oxygens (including phenoxy) is 1. The molecule has 0 aliphatic rings. The summed E-state index contributed by atoms with van der Waals surface area (Å²) in [4.78, 5) is 10.7. The number of aldehydes is 1. The zero-order chi connectivity index (χ0) is 11.1. The summed E-state index contributed by atoms with van der Waals surface area (Å²) in [5.74, 6) is 6.08. The lowest BCUT2D eigenvalue weighted by atomic mass is 10.2. The van der Waals surface area contributed by atoms with Crippen LogP contribution in [0.5, 0.6) is 5.75 Å². The van der Waals surface area contributed by atoms with Gasteiger partial charge in [0.05, 0.1) is 11.4 Å². The minimum Gasteiger partial charge on any atom is -0.480 e. The summed E-state index contributed by atoms with van der Waals surface area (Å²) >= 11 is 11.1. The zero-order valence-electron chi connectivity index (χ0n) is 7.80. The maximum atomic E-state index is 10.7. The fourth-order valence-electron chi connectivity index (χ4n) is 0.955. The molecule has 1 aromatic rings. The van der Waals surface area contributed by atoms with Gasteiger partial charge in [-0.2, -0.15) is 0 Å².